The maximum atomic E-state index is 14.2. The minimum Gasteiger partial charge on any atom is -0.466 e. The van der Waals surface area contributed by atoms with E-state index in [2.05, 4.69) is 26.1 Å². The number of ether oxygens (including phenoxy) is 2. The van der Waals surface area contributed by atoms with Gasteiger partial charge in [0, 0.05) is 36.3 Å². The molecule has 2 N–H and O–H groups in total. The van der Waals surface area contributed by atoms with E-state index in [0.29, 0.717) is 32.7 Å². The number of fused-ring (bicyclic) bond motifs is 1. The van der Waals surface area contributed by atoms with Crippen LogP contribution in [0.4, 0.5) is 0 Å². The number of likely N-dealkylation sites (tertiary alicyclic amines) is 1. The fraction of sp³-hybridized carbons (Fsp3) is 0.654. The lowest BCUT2D eigenvalue weighted by Crippen LogP contribution is -2.56. The number of carbonyl (C=O) groups is 3. The Labute approximate surface area is 229 Å². The fourth-order valence-electron chi connectivity index (χ4n) is 6.50. The zero-order valence-electron chi connectivity index (χ0n) is 20.9. The molecule has 11 heteroatoms. The summed E-state index contributed by atoms with van der Waals surface area (Å²) in [6.07, 6.45) is 0.583. The minimum absolute atomic E-state index is 0.0242. The highest BCUT2D eigenvalue weighted by Gasteiger charge is 2.76. The number of thioether (sulfide) groups is 1. The van der Waals surface area contributed by atoms with Gasteiger partial charge in [-0.05, 0) is 18.9 Å². The number of amides is 2. The Kier molecular flexibility index (Phi) is 8.16. The Morgan fingerprint density at radius 2 is 2.03 bits per heavy atom. The Hall–Kier alpha value is -1.66. The third-order valence-corrected chi connectivity index (χ3v) is 11.3. The summed E-state index contributed by atoms with van der Waals surface area (Å²) >= 11 is 5.32. The largest absolute Gasteiger partial charge is 0.466 e. The van der Waals surface area contributed by atoms with Gasteiger partial charge in [-0.15, -0.1) is 11.8 Å². The average molecular weight is 597 g/mol. The van der Waals surface area contributed by atoms with Gasteiger partial charge in [-0.1, -0.05) is 46.3 Å². The molecule has 7 atom stereocenters. The van der Waals surface area contributed by atoms with Gasteiger partial charge in [0.2, 0.25) is 11.8 Å². The number of nitrogens with zero attached hydrogens (tertiary/aromatic N) is 2. The van der Waals surface area contributed by atoms with Crippen molar-refractivity contribution in [2.75, 3.05) is 52.6 Å². The molecule has 37 heavy (non-hydrogen) atoms. The normalized spacial score (nSPS) is 33.9. The summed E-state index contributed by atoms with van der Waals surface area (Å²) in [5.41, 5.74) is 0.753. The van der Waals surface area contributed by atoms with Crippen molar-refractivity contribution < 1.29 is 29.0 Å². The number of esters is 1. The SMILES string of the molecule is CCOC(=O)[C@H]1[C@H]2C(=O)N([C@H](CO)c3ccccc3)C(C(=O)NCCN3CCOCC3)C23CC(Br)[C@@H]1S3. The van der Waals surface area contributed by atoms with Gasteiger partial charge in [0.25, 0.3) is 0 Å². The number of aliphatic hydroxyl groups excluding tert-OH is 1. The van der Waals surface area contributed by atoms with Crippen LogP contribution in [0.3, 0.4) is 0 Å². The summed E-state index contributed by atoms with van der Waals surface area (Å²) in [6.45, 7) is 5.79. The molecule has 4 aliphatic rings. The van der Waals surface area contributed by atoms with Crippen molar-refractivity contribution in [3.05, 3.63) is 35.9 Å². The van der Waals surface area contributed by atoms with Crippen molar-refractivity contribution in [2.45, 2.75) is 40.3 Å². The lowest BCUT2D eigenvalue weighted by molar-refractivity contribution is -0.154. The van der Waals surface area contributed by atoms with Crippen molar-refractivity contribution in [2.24, 2.45) is 11.8 Å². The molecule has 4 aliphatic heterocycles. The van der Waals surface area contributed by atoms with Crippen molar-refractivity contribution in [1.29, 1.82) is 0 Å². The zero-order chi connectivity index (χ0) is 26.2. The van der Waals surface area contributed by atoms with Crippen LogP contribution in [0.5, 0.6) is 0 Å². The van der Waals surface area contributed by atoms with Gasteiger partial charge in [-0.25, -0.2) is 0 Å². The molecule has 0 radical (unpaired) electrons. The third-order valence-electron chi connectivity index (χ3n) is 8.06. The van der Waals surface area contributed by atoms with Gasteiger partial charge < -0.3 is 24.8 Å². The molecule has 1 spiro atoms. The highest BCUT2D eigenvalue weighted by Crippen LogP contribution is 2.68. The topological polar surface area (TPSA) is 108 Å². The summed E-state index contributed by atoms with van der Waals surface area (Å²) in [7, 11) is 0. The van der Waals surface area contributed by atoms with Crippen molar-refractivity contribution in [1.82, 2.24) is 15.1 Å². The van der Waals surface area contributed by atoms with Gasteiger partial charge in [0.1, 0.15) is 6.04 Å². The number of nitrogens with one attached hydrogen (secondary N) is 1. The molecule has 0 aliphatic carbocycles. The van der Waals surface area contributed by atoms with Crippen LogP contribution in [-0.2, 0) is 23.9 Å². The monoisotopic (exact) mass is 595 g/mol. The molecule has 202 valence electrons. The number of aliphatic hydroxyl groups is 1. The minimum atomic E-state index is -0.818. The van der Waals surface area contributed by atoms with Crippen molar-refractivity contribution in [3.8, 4) is 0 Å². The van der Waals surface area contributed by atoms with E-state index >= 15 is 0 Å². The van der Waals surface area contributed by atoms with Crippen LogP contribution in [0.1, 0.15) is 24.9 Å². The maximum absolute atomic E-state index is 14.2. The van der Waals surface area contributed by atoms with E-state index in [9.17, 15) is 19.5 Å². The van der Waals surface area contributed by atoms with Gasteiger partial charge in [0.15, 0.2) is 0 Å². The molecule has 4 fully saturated rings. The first-order chi connectivity index (χ1) is 17.9. The van der Waals surface area contributed by atoms with Crippen LogP contribution < -0.4 is 5.32 Å². The summed E-state index contributed by atoms with van der Waals surface area (Å²) < 4.78 is 10.0. The number of morpholine rings is 1. The molecule has 4 heterocycles. The average Bonchev–Trinajstić information content (AvgIpc) is 3.50. The summed E-state index contributed by atoms with van der Waals surface area (Å²) in [5.74, 6) is -2.21. The Morgan fingerprint density at radius 1 is 1.30 bits per heavy atom. The number of halogens is 1. The zero-order valence-corrected chi connectivity index (χ0v) is 23.3. The number of rotatable bonds is 9. The first-order valence-electron chi connectivity index (χ1n) is 13.0. The number of hydrogen-bond acceptors (Lipinski definition) is 8. The molecule has 1 aromatic carbocycles. The lowest BCUT2D eigenvalue weighted by atomic mass is 9.71. The molecule has 9 nitrogen and oxygen atoms in total. The number of alkyl halides is 1. The van der Waals surface area contributed by atoms with E-state index < -0.39 is 34.6 Å². The number of hydrogen-bond donors (Lipinski definition) is 2. The highest BCUT2D eigenvalue weighted by atomic mass is 79.9. The van der Waals surface area contributed by atoms with Gasteiger partial charge in [-0.3, -0.25) is 19.3 Å². The first-order valence-corrected chi connectivity index (χ1v) is 14.8. The molecule has 4 saturated heterocycles. The smallest absolute Gasteiger partial charge is 0.310 e. The van der Waals surface area contributed by atoms with E-state index in [1.807, 2.05) is 30.3 Å². The van der Waals surface area contributed by atoms with Crippen molar-refractivity contribution >= 4 is 45.5 Å². The highest BCUT2D eigenvalue weighted by molar-refractivity contribution is 9.09. The van der Waals surface area contributed by atoms with Gasteiger partial charge >= 0.3 is 5.97 Å². The van der Waals surface area contributed by atoms with Gasteiger partial charge in [0.05, 0.1) is 49.1 Å². The summed E-state index contributed by atoms with van der Waals surface area (Å²) in [6, 6.07) is 7.77. The van der Waals surface area contributed by atoms with Crippen LogP contribution in [0, 0.1) is 11.8 Å². The predicted molar refractivity (Wildman–Crippen MR) is 142 cm³/mol. The molecule has 0 saturated carbocycles. The first kappa shape index (κ1) is 26.9. The van der Waals surface area contributed by atoms with Crippen LogP contribution >= 0.6 is 27.7 Å². The van der Waals surface area contributed by atoms with E-state index in [-0.39, 0.29) is 35.1 Å². The predicted octanol–water partition coefficient (Wildman–Crippen LogP) is 1.20. The molecule has 2 amide bonds. The Bertz CT molecular complexity index is 1010. The van der Waals surface area contributed by atoms with E-state index in [4.69, 9.17) is 9.47 Å². The quantitative estimate of drug-likeness (QED) is 0.324. The van der Waals surface area contributed by atoms with Crippen LogP contribution in [0.15, 0.2) is 30.3 Å². The Balaban J connectivity index is 1.47. The van der Waals surface area contributed by atoms with E-state index in [1.54, 1.807) is 23.6 Å². The molecule has 5 rings (SSSR count). The fourth-order valence-corrected chi connectivity index (χ4v) is 10.1. The number of carbonyl (C=O) groups excluding carboxylic acids is 3. The van der Waals surface area contributed by atoms with Gasteiger partial charge in [-0.2, -0.15) is 0 Å². The molecule has 3 unspecified atom stereocenters. The summed E-state index contributed by atoms with van der Waals surface area (Å²) in [4.78, 5) is 45.0. The lowest BCUT2D eigenvalue weighted by Gasteiger charge is -2.37. The second-order valence-electron chi connectivity index (χ2n) is 10.0. The van der Waals surface area contributed by atoms with Crippen LogP contribution in [0.25, 0.3) is 0 Å². The summed E-state index contributed by atoms with van der Waals surface area (Å²) in [5, 5.41) is 13.4. The molecule has 0 aromatic heterocycles. The standard InChI is InChI=1S/C26H34BrN3O6S/c1-2-36-25(34)19-20-24(33)30(18(15-31)16-6-4-3-5-7-16)22(26(20)14-17(27)21(19)37-26)23(32)28-8-9-29-10-12-35-13-11-29/h3-7,17-22,31H,2,8-15H2,1H3,(H,28,32)/t17?,18-,19+,20+,21+,22?,26?/m1/s1. The van der Waals surface area contributed by atoms with Crippen LogP contribution in [-0.4, -0.2) is 106 Å². The van der Waals surface area contributed by atoms with Crippen LogP contribution in [0.2, 0.25) is 0 Å². The molecular weight excluding hydrogens is 562 g/mol. The second kappa shape index (κ2) is 11.2. The Morgan fingerprint density at radius 3 is 2.70 bits per heavy atom. The van der Waals surface area contributed by atoms with E-state index in [1.165, 1.54) is 0 Å². The van der Waals surface area contributed by atoms with Crippen molar-refractivity contribution in [3.63, 3.8) is 0 Å². The maximum Gasteiger partial charge on any atom is 0.310 e. The molecular formula is C26H34BrN3O6S. The second-order valence-corrected chi connectivity index (χ2v) is 12.7. The van der Waals surface area contributed by atoms with E-state index in [0.717, 1.165) is 18.7 Å². The third kappa shape index (κ3) is 4.71. The molecule has 1 aromatic rings. The number of benzene rings is 1. The molecule has 2 bridgehead atoms.